The van der Waals surface area contributed by atoms with Gasteiger partial charge in [0.1, 0.15) is 17.1 Å². The minimum absolute atomic E-state index is 0.0518. The Balaban J connectivity index is 1.85. The third-order valence-corrected chi connectivity index (χ3v) is 5.28. The molecule has 0 aliphatic rings. The van der Waals surface area contributed by atoms with E-state index in [0.29, 0.717) is 11.3 Å². The molecule has 2 aromatic heterocycles. The Kier molecular flexibility index (Phi) is 6.16. The van der Waals surface area contributed by atoms with E-state index in [4.69, 9.17) is 20.6 Å². The molecule has 2 aromatic carbocycles. The second kappa shape index (κ2) is 9.25. The molecule has 36 heavy (non-hydrogen) atoms. The average molecular weight is 496 g/mol. The standard InChI is InChI=1S/C22H21FN8O5/c1-30-20(13(9-26-30)21(32)33)31-22(34)28-19(29-31)12-8-14(35-2)17(36-3)16(15(12)23)27-11-6-4-10(5-7-11)18(24)25/h4-9,27H,1-3H3,(H3,24,25)(H,32,33)(H,28,29,34). The summed E-state index contributed by atoms with van der Waals surface area (Å²) in [6, 6.07) is 7.66. The summed E-state index contributed by atoms with van der Waals surface area (Å²) in [4.78, 5) is 26.7. The van der Waals surface area contributed by atoms with Crippen LogP contribution in [0.5, 0.6) is 11.5 Å². The number of anilines is 2. The number of amidine groups is 1. The first-order chi connectivity index (χ1) is 17.2. The highest BCUT2D eigenvalue weighted by molar-refractivity contribution is 5.95. The van der Waals surface area contributed by atoms with Crippen LogP contribution in [0.1, 0.15) is 15.9 Å². The predicted molar refractivity (Wildman–Crippen MR) is 127 cm³/mol. The molecule has 0 bridgehead atoms. The van der Waals surface area contributed by atoms with E-state index in [0.717, 1.165) is 15.6 Å². The smallest absolute Gasteiger partial charge is 0.349 e. The van der Waals surface area contributed by atoms with E-state index in [2.05, 4.69) is 20.5 Å². The maximum absolute atomic E-state index is 15.9. The second-order valence-corrected chi connectivity index (χ2v) is 7.47. The summed E-state index contributed by atoms with van der Waals surface area (Å²) in [6.07, 6.45) is 1.08. The van der Waals surface area contributed by atoms with Gasteiger partial charge in [-0.2, -0.15) is 9.78 Å². The highest BCUT2D eigenvalue weighted by Gasteiger charge is 2.26. The van der Waals surface area contributed by atoms with Gasteiger partial charge in [-0.25, -0.2) is 14.0 Å². The molecular weight excluding hydrogens is 475 g/mol. The van der Waals surface area contributed by atoms with Gasteiger partial charge in [0, 0.05) is 18.3 Å². The third-order valence-electron chi connectivity index (χ3n) is 5.28. The number of H-pyrrole nitrogens is 1. The van der Waals surface area contributed by atoms with Gasteiger partial charge in [-0.05, 0) is 30.3 Å². The highest BCUT2D eigenvalue weighted by atomic mass is 19.1. The number of nitrogens with zero attached hydrogens (tertiary/aromatic N) is 4. The summed E-state index contributed by atoms with van der Waals surface area (Å²) < 4.78 is 28.5. The molecule has 2 heterocycles. The number of hydrogen-bond acceptors (Lipinski definition) is 8. The number of carboxylic acid groups (broad SMARTS) is 1. The number of rotatable bonds is 8. The number of nitrogen functional groups attached to an aromatic ring is 1. The van der Waals surface area contributed by atoms with Crippen molar-refractivity contribution in [3.05, 3.63) is 64.0 Å². The number of nitrogens with two attached hydrogens (primary N) is 1. The molecule has 4 aromatic rings. The number of methoxy groups -OCH3 is 2. The van der Waals surface area contributed by atoms with E-state index >= 15 is 4.39 Å². The average Bonchev–Trinajstić information content (AvgIpc) is 3.42. The first-order valence-corrected chi connectivity index (χ1v) is 10.3. The first-order valence-electron chi connectivity index (χ1n) is 10.3. The summed E-state index contributed by atoms with van der Waals surface area (Å²) >= 11 is 0. The van der Waals surface area contributed by atoms with Gasteiger partial charge >= 0.3 is 11.7 Å². The van der Waals surface area contributed by atoms with E-state index in [1.807, 2.05) is 0 Å². The van der Waals surface area contributed by atoms with Crippen LogP contribution in [-0.4, -0.2) is 55.7 Å². The molecule has 0 spiro atoms. The van der Waals surface area contributed by atoms with Crippen molar-refractivity contribution in [2.75, 3.05) is 19.5 Å². The third kappa shape index (κ3) is 4.11. The molecule has 14 heteroatoms. The molecule has 186 valence electrons. The van der Waals surface area contributed by atoms with E-state index in [1.165, 1.54) is 27.3 Å². The Morgan fingerprint density at radius 3 is 2.53 bits per heavy atom. The van der Waals surface area contributed by atoms with E-state index in [1.54, 1.807) is 24.3 Å². The van der Waals surface area contributed by atoms with Crippen LogP contribution in [0, 0.1) is 11.2 Å². The lowest BCUT2D eigenvalue weighted by atomic mass is 10.1. The van der Waals surface area contributed by atoms with Gasteiger partial charge < -0.3 is 25.6 Å². The van der Waals surface area contributed by atoms with Crippen molar-refractivity contribution in [1.29, 1.82) is 5.41 Å². The molecule has 0 atom stereocenters. The van der Waals surface area contributed by atoms with Gasteiger partial charge in [-0.1, -0.05) is 0 Å². The van der Waals surface area contributed by atoms with Gasteiger partial charge in [0.15, 0.2) is 29.0 Å². The number of benzene rings is 2. The normalized spacial score (nSPS) is 10.8. The molecule has 0 amide bonds. The maximum atomic E-state index is 15.9. The van der Waals surface area contributed by atoms with Gasteiger partial charge in [-0.3, -0.25) is 15.1 Å². The molecule has 0 saturated heterocycles. The summed E-state index contributed by atoms with van der Waals surface area (Å²) in [6.45, 7) is 0. The maximum Gasteiger partial charge on any atom is 0.349 e. The molecule has 0 aliphatic heterocycles. The SMILES string of the molecule is COc1cc(-c2nn(-c3c(C(=O)O)cnn3C)c(=O)[nH]2)c(F)c(Nc2ccc(C(=N)N)cc2)c1OC. The summed E-state index contributed by atoms with van der Waals surface area (Å²) in [5, 5.41) is 27.8. The lowest BCUT2D eigenvalue weighted by Crippen LogP contribution is -2.21. The van der Waals surface area contributed by atoms with Crippen molar-refractivity contribution in [3.63, 3.8) is 0 Å². The van der Waals surface area contributed by atoms with Crippen LogP contribution in [0.25, 0.3) is 17.2 Å². The number of nitrogens with one attached hydrogen (secondary N) is 3. The van der Waals surface area contributed by atoms with Crippen LogP contribution < -0.4 is 26.2 Å². The zero-order chi connectivity index (χ0) is 26.1. The Hall–Kier alpha value is -5.14. The highest BCUT2D eigenvalue weighted by Crippen LogP contribution is 2.43. The van der Waals surface area contributed by atoms with Crippen LogP contribution in [-0.2, 0) is 7.05 Å². The molecular formula is C22H21FN8O5. The van der Waals surface area contributed by atoms with Gasteiger partial charge in [-0.15, -0.1) is 5.10 Å². The van der Waals surface area contributed by atoms with E-state index < -0.39 is 17.5 Å². The molecule has 0 unspecified atom stereocenters. The number of carboxylic acids is 1. The van der Waals surface area contributed by atoms with Crippen LogP contribution in [0.3, 0.4) is 0 Å². The van der Waals surface area contributed by atoms with Crippen molar-refractivity contribution in [2.45, 2.75) is 0 Å². The van der Waals surface area contributed by atoms with Crippen LogP contribution in [0.15, 0.2) is 41.3 Å². The summed E-state index contributed by atoms with van der Waals surface area (Å²) in [7, 11) is 4.15. The van der Waals surface area contributed by atoms with Crippen LogP contribution in [0.2, 0.25) is 0 Å². The number of aryl methyl sites for hydroxylation is 1. The number of ether oxygens (including phenoxy) is 2. The number of halogens is 1. The largest absolute Gasteiger partial charge is 0.493 e. The van der Waals surface area contributed by atoms with Crippen molar-refractivity contribution >= 4 is 23.2 Å². The van der Waals surface area contributed by atoms with Crippen molar-refractivity contribution in [2.24, 2.45) is 12.8 Å². The number of aromatic carboxylic acids is 1. The van der Waals surface area contributed by atoms with Crippen LogP contribution in [0.4, 0.5) is 15.8 Å². The lowest BCUT2D eigenvalue weighted by Gasteiger charge is -2.17. The second-order valence-electron chi connectivity index (χ2n) is 7.47. The van der Waals surface area contributed by atoms with Crippen molar-refractivity contribution in [1.82, 2.24) is 24.5 Å². The predicted octanol–water partition coefficient (Wildman–Crippen LogP) is 1.84. The monoisotopic (exact) mass is 496 g/mol. The molecule has 13 nitrogen and oxygen atoms in total. The minimum atomic E-state index is -1.31. The molecule has 6 N–H and O–H groups in total. The van der Waals surface area contributed by atoms with Crippen molar-refractivity contribution < 1.29 is 23.8 Å². The molecule has 0 aliphatic carbocycles. The summed E-state index contributed by atoms with van der Waals surface area (Å²) in [5.41, 5.74) is 5.10. The van der Waals surface area contributed by atoms with E-state index in [-0.39, 0.29) is 45.8 Å². The Labute approximate surface area is 202 Å². The fraction of sp³-hybridized carbons (Fsp3) is 0.136. The molecule has 0 radical (unpaired) electrons. The number of carbonyl (C=O) groups is 1. The van der Waals surface area contributed by atoms with E-state index in [9.17, 15) is 14.7 Å². The Bertz CT molecular complexity index is 1540. The first kappa shape index (κ1) is 24.0. The number of aromatic amines is 1. The quantitative estimate of drug-likeness (QED) is 0.179. The van der Waals surface area contributed by atoms with Crippen molar-refractivity contribution in [3.8, 4) is 28.7 Å². The fourth-order valence-corrected chi connectivity index (χ4v) is 3.56. The minimum Gasteiger partial charge on any atom is -0.493 e. The molecule has 0 saturated carbocycles. The Morgan fingerprint density at radius 1 is 1.25 bits per heavy atom. The summed E-state index contributed by atoms with van der Waals surface area (Å²) in [5.74, 6) is -2.37. The zero-order valence-electron chi connectivity index (χ0n) is 19.3. The van der Waals surface area contributed by atoms with Gasteiger partial charge in [0.2, 0.25) is 0 Å². The lowest BCUT2D eigenvalue weighted by molar-refractivity contribution is 0.0696. The van der Waals surface area contributed by atoms with Crippen LogP contribution >= 0.6 is 0 Å². The number of hydrogen-bond donors (Lipinski definition) is 5. The number of aromatic nitrogens is 5. The van der Waals surface area contributed by atoms with Gasteiger partial charge in [0.25, 0.3) is 0 Å². The Morgan fingerprint density at radius 2 is 1.94 bits per heavy atom. The molecule has 4 rings (SSSR count). The fourth-order valence-electron chi connectivity index (χ4n) is 3.56. The van der Waals surface area contributed by atoms with Gasteiger partial charge in [0.05, 0.1) is 26.0 Å². The topological polar surface area (TPSA) is 186 Å². The molecule has 0 fully saturated rings. The zero-order valence-corrected chi connectivity index (χ0v) is 19.3.